The lowest BCUT2D eigenvalue weighted by atomic mass is 9.79. The smallest absolute Gasteiger partial charge is 0.214 e. The van der Waals surface area contributed by atoms with Gasteiger partial charge in [-0.25, -0.2) is 8.42 Å². The van der Waals surface area contributed by atoms with Crippen LogP contribution < -0.4 is 5.32 Å². The maximum atomic E-state index is 12.6. The van der Waals surface area contributed by atoms with Gasteiger partial charge in [0, 0.05) is 12.6 Å². The molecule has 2 unspecified atom stereocenters. The van der Waals surface area contributed by atoms with Crippen LogP contribution in [0.15, 0.2) is 0 Å². The number of hydrogen-bond donors (Lipinski definition) is 1. The van der Waals surface area contributed by atoms with Crippen molar-refractivity contribution in [1.82, 2.24) is 9.62 Å². The van der Waals surface area contributed by atoms with Crippen LogP contribution in [0.1, 0.15) is 64.7 Å². The minimum atomic E-state index is -3.04. The molecular formula is C16H32N2O2S. The van der Waals surface area contributed by atoms with Crippen LogP contribution in [0.2, 0.25) is 0 Å². The molecule has 1 heterocycles. The summed E-state index contributed by atoms with van der Waals surface area (Å²) in [7, 11) is -3.04. The lowest BCUT2D eigenvalue weighted by Gasteiger charge is -2.43. The summed E-state index contributed by atoms with van der Waals surface area (Å²) in [5.41, 5.74) is 0. The summed E-state index contributed by atoms with van der Waals surface area (Å²) in [6.07, 6.45) is 9.98. The van der Waals surface area contributed by atoms with Gasteiger partial charge in [-0.2, -0.15) is 4.31 Å². The normalized spacial score (nSPS) is 27.5. The molecule has 0 amide bonds. The molecule has 1 aliphatic carbocycles. The molecule has 2 fully saturated rings. The summed E-state index contributed by atoms with van der Waals surface area (Å²) < 4.78 is 27.1. The first-order valence-corrected chi connectivity index (χ1v) is 10.5. The van der Waals surface area contributed by atoms with Gasteiger partial charge in [0.15, 0.2) is 0 Å². The van der Waals surface area contributed by atoms with Crippen LogP contribution in [0.25, 0.3) is 0 Å². The van der Waals surface area contributed by atoms with E-state index in [1.807, 2.05) is 4.31 Å². The van der Waals surface area contributed by atoms with Crippen LogP contribution in [0.3, 0.4) is 0 Å². The van der Waals surface area contributed by atoms with Crippen molar-refractivity contribution >= 4 is 10.0 Å². The molecule has 124 valence electrons. The van der Waals surface area contributed by atoms with Gasteiger partial charge in [-0.1, -0.05) is 19.8 Å². The highest BCUT2D eigenvalue weighted by atomic mass is 32.2. The average Bonchev–Trinajstić information content (AvgIpc) is 2.50. The fourth-order valence-corrected chi connectivity index (χ4v) is 5.78. The van der Waals surface area contributed by atoms with E-state index < -0.39 is 10.0 Å². The minimum absolute atomic E-state index is 0.315. The highest BCUT2D eigenvalue weighted by Gasteiger charge is 2.38. The highest BCUT2D eigenvalue weighted by molar-refractivity contribution is 7.89. The molecule has 0 spiro atoms. The van der Waals surface area contributed by atoms with Gasteiger partial charge < -0.3 is 5.32 Å². The van der Waals surface area contributed by atoms with Crippen molar-refractivity contribution in [3.63, 3.8) is 0 Å². The second kappa shape index (κ2) is 8.49. The molecule has 2 rings (SSSR count). The van der Waals surface area contributed by atoms with Crippen molar-refractivity contribution < 1.29 is 8.42 Å². The largest absolute Gasteiger partial charge is 0.317 e. The summed E-state index contributed by atoms with van der Waals surface area (Å²) in [5.74, 6) is 0.970. The zero-order chi connectivity index (χ0) is 15.1. The number of rotatable bonds is 8. The number of piperidine rings is 1. The van der Waals surface area contributed by atoms with E-state index in [4.69, 9.17) is 0 Å². The summed E-state index contributed by atoms with van der Waals surface area (Å²) in [6.45, 7) is 4.88. The van der Waals surface area contributed by atoms with Gasteiger partial charge >= 0.3 is 0 Å². The Bertz CT molecular complexity index is 395. The number of nitrogens with zero attached hydrogens (tertiary/aromatic N) is 1. The van der Waals surface area contributed by atoms with E-state index in [0.29, 0.717) is 17.7 Å². The maximum Gasteiger partial charge on any atom is 0.214 e. The Hall–Kier alpha value is -0.130. The molecular weight excluding hydrogens is 284 g/mol. The molecule has 1 aliphatic heterocycles. The minimum Gasteiger partial charge on any atom is -0.317 e. The van der Waals surface area contributed by atoms with E-state index in [0.717, 1.165) is 51.7 Å². The Labute approximate surface area is 130 Å². The molecule has 2 atom stereocenters. The van der Waals surface area contributed by atoms with Crippen LogP contribution in [0, 0.1) is 5.92 Å². The Morgan fingerprint density at radius 2 is 1.81 bits per heavy atom. The Balaban J connectivity index is 1.80. The maximum absolute atomic E-state index is 12.6. The SMILES string of the molecule is CCCNCCCCS(=O)(=O)N1CCCC2CCCCC21. The van der Waals surface area contributed by atoms with Crippen LogP contribution in [0.5, 0.6) is 0 Å². The van der Waals surface area contributed by atoms with Crippen LogP contribution in [-0.2, 0) is 10.0 Å². The molecule has 0 bridgehead atoms. The predicted molar refractivity (Wildman–Crippen MR) is 87.9 cm³/mol. The Kier molecular flexibility index (Phi) is 6.96. The standard InChI is InChI=1S/C16H32N2O2S/c1-2-11-17-12-5-6-14-21(19,20)18-13-7-9-15-8-3-4-10-16(15)18/h15-17H,2-14H2,1H3. The van der Waals surface area contributed by atoms with Crippen molar-refractivity contribution in [3.8, 4) is 0 Å². The van der Waals surface area contributed by atoms with Gasteiger partial charge in [0.05, 0.1) is 5.75 Å². The van der Waals surface area contributed by atoms with E-state index in [-0.39, 0.29) is 0 Å². The highest BCUT2D eigenvalue weighted by Crippen LogP contribution is 2.36. The number of fused-ring (bicyclic) bond motifs is 1. The van der Waals surface area contributed by atoms with E-state index >= 15 is 0 Å². The third kappa shape index (κ3) is 4.93. The number of sulfonamides is 1. The zero-order valence-corrected chi connectivity index (χ0v) is 14.3. The molecule has 0 aromatic rings. The van der Waals surface area contributed by atoms with Crippen LogP contribution >= 0.6 is 0 Å². The molecule has 0 aromatic heterocycles. The fraction of sp³-hybridized carbons (Fsp3) is 1.00. The van der Waals surface area contributed by atoms with E-state index in [2.05, 4.69) is 12.2 Å². The monoisotopic (exact) mass is 316 g/mol. The lowest BCUT2D eigenvalue weighted by molar-refractivity contribution is 0.129. The predicted octanol–water partition coefficient (Wildman–Crippen LogP) is 2.75. The Morgan fingerprint density at radius 1 is 1.05 bits per heavy atom. The van der Waals surface area contributed by atoms with E-state index in [1.54, 1.807) is 0 Å². The molecule has 0 radical (unpaired) electrons. The van der Waals surface area contributed by atoms with Gasteiger partial charge in [0.1, 0.15) is 0 Å². The topological polar surface area (TPSA) is 49.4 Å². The fourth-order valence-electron chi connectivity index (χ4n) is 3.88. The van der Waals surface area contributed by atoms with Gasteiger partial charge in [0.2, 0.25) is 10.0 Å². The zero-order valence-electron chi connectivity index (χ0n) is 13.5. The molecule has 4 nitrogen and oxygen atoms in total. The third-order valence-electron chi connectivity index (χ3n) is 4.98. The summed E-state index contributed by atoms with van der Waals surface area (Å²) in [5, 5.41) is 3.34. The summed E-state index contributed by atoms with van der Waals surface area (Å²) in [4.78, 5) is 0. The number of unbranched alkanes of at least 4 members (excludes halogenated alkanes) is 1. The molecule has 21 heavy (non-hydrogen) atoms. The molecule has 2 aliphatic rings. The molecule has 1 N–H and O–H groups in total. The summed E-state index contributed by atoms with van der Waals surface area (Å²) in [6, 6.07) is 0.315. The van der Waals surface area contributed by atoms with Crippen molar-refractivity contribution in [1.29, 1.82) is 0 Å². The van der Waals surface area contributed by atoms with Crippen LogP contribution in [0.4, 0.5) is 0 Å². The van der Waals surface area contributed by atoms with Gasteiger partial charge in [-0.3, -0.25) is 0 Å². The quantitative estimate of drug-likeness (QED) is 0.701. The van der Waals surface area contributed by atoms with Crippen molar-refractivity contribution in [2.75, 3.05) is 25.4 Å². The average molecular weight is 317 g/mol. The van der Waals surface area contributed by atoms with E-state index in [9.17, 15) is 8.42 Å². The molecule has 1 saturated heterocycles. The number of nitrogens with one attached hydrogen (secondary N) is 1. The van der Waals surface area contributed by atoms with Gasteiger partial charge in [0.25, 0.3) is 0 Å². The first-order chi connectivity index (χ1) is 10.1. The second-order valence-electron chi connectivity index (χ2n) is 6.64. The molecule has 1 saturated carbocycles. The lowest BCUT2D eigenvalue weighted by Crippen LogP contribution is -2.50. The third-order valence-corrected chi connectivity index (χ3v) is 6.95. The molecule has 0 aromatic carbocycles. The first kappa shape index (κ1) is 17.2. The number of hydrogen-bond acceptors (Lipinski definition) is 3. The summed E-state index contributed by atoms with van der Waals surface area (Å²) >= 11 is 0. The van der Waals surface area contributed by atoms with Crippen LogP contribution in [-0.4, -0.2) is 44.2 Å². The first-order valence-electron chi connectivity index (χ1n) is 8.85. The van der Waals surface area contributed by atoms with Crippen molar-refractivity contribution in [2.24, 2.45) is 5.92 Å². The van der Waals surface area contributed by atoms with Crippen molar-refractivity contribution in [2.45, 2.75) is 70.8 Å². The van der Waals surface area contributed by atoms with Crippen molar-refractivity contribution in [3.05, 3.63) is 0 Å². The Morgan fingerprint density at radius 3 is 2.62 bits per heavy atom. The van der Waals surface area contributed by atoms with Gasteiger partial charge in [-0.05, 0) is 64.0 Å². The molecule has 5 heteroatoms. The van der Waals surface area contributed by atoms with Gasteiger partial charge in [-0.15, -0.1) is 0 Å². The van der Waals surface area contributed by atoms with E-state index in [1.165, 1.54) is 25.7 Å². The second-order valence-corrected chi connectivity index (χ2v) is 8.68.